The van der Waals surface area contributed by atoms with Crippen molar-refractivity contribution in [2.75, 3.05) is 5.75 Å². The third-order valence-corrected chi connectivity index (χ3v) is 6.46. The molecule has 0 radical (unpaired) electrons. The molecule has 176 valence electrons. The highest BCUT2D eigenvalue weighted by Crippen LogP contribution is 2.28. The third-order valence-electron chi connectivity index (χ3n) is 4.84. The van der Waals surface area contributed by atoms with E-state index in [-0.39, 0.29) is 11.7 Å². The molecule has 0 saturated heterocycles. The maximum Gasteiger partial charge on any atom is 0.250 e. The number of aromatic nitrogens is 3. The molecule has 4 rings (SSSR count). The Bertz CT molecular complexity index is 1350. The molecule has 0 aliphatic heterocycles. The topological polar surface area (TPSA) is 72.2 Å². The molecule has 0 aliphatic carbocycles. The molecule has 6 nitrogen and oxygen atoms in total. The first-order valence-electron chi connectivity index (χ1n) is 10.6. The summed E-state index contributed by atoms with van der Waals surface area (Å²) in [4.78, 5) is 12.4. The first-order valence-corrected chi connectivity index (χ1v) is 12.8. The average molecular weight is 567 g/mol. The molecule has 9 heteroatoms. The number of hydrogen-bond donors (Lipinski definition) is 1. The van der Waals surface area contributed by atoms with Gasteiger partial charge in [-0.2, -0.15) is 5.10 Å². The van der Waals surface area contributed by atoms with Crippen molar-refractivity contribution < 1.29 is 4.79 Å². The zero-order chi connectivity index (χ0) is 24.6. The number of amides is 1. The van der Waals surface area contributed by atoms with Crippen LogP contribution in [0.15, 0.2) is 93.6 Å². The molecule has 0 spiro atoms. The first kappa shape index (κ1) is 24.9. The Labute approximate surface area is 221 Å². The molecule has 0 atom stereocenters. The van der Waals surface area contributed by atoms with Gasteiger partial charge in [0.25, 0.3) is 5.91 Å². The number of nitrogens with zero attached hydrogens (tertiary/aromatic N) is 4. The van der Waals surface area contributed by atoms with Crippen LogP contribution in [0.4, 0.5) is 0 Å². The minimum absolute atomic E-state index is 0.122. The lowest BCUT2D eigenvalue weighted by Crippen LogP contribution is -2.19. The van der Waals surface area contributed by atoms with Crippen LogP contribution in [0.2, 0.25) is 5.02 Å². The fourth-order valence-electron chi connectivity index (χ4n) is 3.15. The van der Waals surface area contributed by atoms with Gasteiger partial charge >= 0.3 is 0 Å². The van der Waals surface area contributed by atoms with E-state index in [0.29, 0.717) is 16.0 Å². The van der Waals surface area contributed by atoms with Crippen LogP contribution in [-0.4, -0.2) is 32.6 Å². The number of rotatable bonds is 8. The number of aryl methyl sites for hydroxylation is 1. The molecular formula is C26H21BrClN5OS. The molecule has 3 aromatic carbocycles. The summed E-state index contributed by atoms with van der Waals surface area (Å²) < 4.78 is 2.66. The van der Waals surface area contributed by atoms with E-state index in [1.807, 2.05) is 96.4 Å². The first-order chi connectivity index (χ1) is 17.0. The molecule has 1 N–H and O–H groups in total. The molecule has 0 fully saturated rings. The fourth-order valence-corrected chi connectivity index (χ4v) is 4.39. The number of allylic oxidation sites excluding steroid dienone is 1. The van der Waals surface area contributed by atoms with Gasteiger partial charge in [0, 0.05) is 20.8 Å². The number of halogens is 2. The second-order valence-electron chi connectivity index (χ2n) is 7.51. The van der Waals surface area contributed by atoms with Gasteiger partial charge in [-0.25, -0.2) is 5.43 Å². The van der Waals surface area contributed by atoms with Crippen molar-refractivity contribution in [3.8, 4) is 17.1 Å². The minimum Gasteiger partial charge on any atom is -0.272 e. The molecule has 0 aliphatic rings. The Morgan fingerprint density at radius 3 is 2.49 bits per heavy atom. The van der Waals surface area contributed by atoms with Crippen LogP contribution >= 0.6 is 39.3 Å². The van der Waals surface area contributed by atoms with Crippen molar-refractivity contribution in [3.63, 3.8) is 0 Å². The molecule has 0 saturated carbocycles. The zero-order valence-corrected chi connectivity index (χ0v) is 21.9. The highest BCUT2D eigenvalue weighted by molar-refractivity contribution is 9.12. The van der Waals surface area contributed by atoms with Crippen LogP contribution in [0.1, 0.15) is 11.1 Å². The summed E-state index contributed by atoms with van der Waals surface area (Å²) in [7, 11) is 0. The number of thioether (sulfide) groups is 1. The summed E-state index contributed by atoms with van der Waals surface area (Å²) >= 11 is 10.8. The van der Waals surface area contributed by atoms with Crippen molar-refractivity contribution in [2.45, 2.75) is 12.1 Å². The number of carbonyl (C=O) groups excluding carboxylic acids is 1. The van der Waals surface area contributed by atoms with Crippen molar-refractivity contribution in [1.82, 2.24) is 20.2 Å². The van der Waals surface area contributed by atoms with Crippen molar-refractivity contribution in [3.05, 3.63) is 99.5 Å². The Balaban J connectivity index is 1.47. The van der Waals surface area contributed by atoms with Crippen LogP contribution in [0, 0.1) is 6.92 Å². The summed E-state index contributed by atoms with van der Waals surface area (Å²) in [5.41, 5.74) is 6.51. The molecule has 35 heavy (non-hydrogen) atoms. The normalized spacial score (nSPS) is 11.7. The maximum atomic E-state index is 12.4. The van der Waals surface area contributed by atoms with Gasteiger partial charge in [0.2, 0.25) is 0 Å². The quantitative estimate of drug-likeness (QED) is 0.150. The third kappa shape index (κ3) is 6.91. The molecular weight excluding hydrogens is 546 g/mol. The van der Waals surface area contributed by atoms with Crippen molar-refractivity contribution in [1.29, 1.82) is 0 Å². The Kier molecular flexibility index (Phi) is 8.52. The summed E-state index contributed by atoms with van der Waals surface area (Å²) in [6, 6.07) is 25.3. The van der Waals surface area contributed by atoms with Crippen LogP contribution in [-0.2, 0) is 4.79 Å². The van der Waals surface area contributed by atoms with Crippen molar-refractivity contribution >= 4 is 57.5 Å². The predicted molar refractivity (Wildman–Crippen MR) is 147 cm³/mol. The van der Waals surface area contributed by atoms with Crippen LogP contribution in [0.3, 0.4) is 0 Å². The van der Waals surface area contributed by atoms with E-state index in [2.05, 4.69) is 36.7 Å². The van der Waals surface area contributed by atoms with E-state index in [4.69, 9.17) is 11.6 Å². The lowest BCUT2D eigenvalue weighted by atomic mass is 10.1. The zero-order valence-electron chi connectivity index (χ0n) is 18.7. The lowest BCUT2D eigenvalue weighted by Gasteiger charge is -2.10. The Hall–Kier alpha value is -3.20. The Morgan fingerprint density at radius 2 is 1.77 bits per heavy atom. The SMILES string of the molecule is Cc1ccc(-c2nnc(SCC(=O)N/N=C\C(Br)=C\c3ccccc3)n2-c2ccc(Cl)cc2)cc1. The van der Waals surface area contributed by atoms with E-state index in [1.165, 1.54) is 11.8 Å². The van der Waals surface area contributed by atoms with Crippen LogP contribution in [0.25, 0.3) is 23.2 Å². The minimum atomic E-state index is -0.256. The van der Waals surface area contributed by atoms with E-state index in [9.17, 15) is 4.79 Å². The Morgan fingerprint density at radius 1 is 1.06 bits per heavy atom. The van der Waals surface area contributed by atoms with E-state index in [0.717, 1.165) is 26.9 Å². The molecule has 1 aromatic heterocycles. The molecule has 1 heterocycles. The van der Waals surface area contributed by atoms with Crippen LogP contribution < -0.4 is 5.43 Å². The number of hydrazone groups is 1. The molecule has 0 unspecified atom stereocenters. The fraction of sp³-hybridized carbons (Fsp3) is 0.0769. The number of hydrogen-bond acceptors (Lipinski definition) is 5. The van der Waals surface area contributed by atoms with Gasteiger partial charge in [-0.1, -0.05) is 83.5 Å². The monoisotopic (exact) mass is 565 g/mol. The standard InChI is InChI=1S/C26H21BrClN5OS/c1-18-7-9-20(10-8-18)25-31-32-26(33(25)23-13-11-22(28)12-14-23)35-17-24(34)30-29-16-21(27)15-19-5-3-2-4-6-19/h2-16H,17H2,1H3,(H,30,34)/b21-15-,29-16-. The van der Waals surface area contributed by atoms with Gasteiger partial charge in [0.1, 0.15) is 0 Å². The largest absolute Gasteiger partial charge is 0.272 e. The number of nitrogens with one attached hydrogen (secondary N) is 1. The smallest absolute Gasteiger partial charge is 0.250 e. The van der Waals surface area contributed by atoms with E-state index in [1.54, 1.807) is 6.21 Å². The highest BCUT2D eigenvalue weighted by Gasteiger charge is 2.17. The number of benzene rings is 3. The van der Waals surface area contributed by atoms with E-state index < -0.39 is 0 Å². The van der Waals surface area contributed by atoms with Gasteiger partial charge in [-0.3, -0.25) is 9.36 Å². The molecule has 4 aromatic rings. The van der Waals surface area contributed by atoms with Gasteiger partial charge in [-0.15, -0.1) is 10.2 Å². The molecule has 1 amide bonds. The summed E-state index contributed by atoms with van der Waals surface area (Å²) in [6.45, 7) is 2.03. The summed E-state index contributed by atoms with van der Waals surface area (Å²) in [6.07, 6.45) is 3.45. The highest BCUT2D eigenvalue weighted by atomic mass is 79.9. The van der Waals surface area contributed by atoms with Crippen LogP contribution in [0.5, 0.6) is 0 Å². The second-order valence-corrected chi connectivity index (χ2v) is 9.80. The lowest BCUT2D eigenvalue weighted by molar-refractivity contribution is -0.118. The van der Waals surface area contributed by atoms with Gasteiger partial charge < -0.3 is 0 Å². The average Bonchev–Trinajstić information content (AvgIpc) is 3.28. The molecule has 0 bridgehead atoms. The summed E-state index contributed by atoms with van der Waals surface area (Å²) in [5, 5.41) is 14.0. The van der Waals surface area contributed by atoms with Crippen molar-refractivity contribution in [2.24, 2.45) is 5.10 Å². The second kappa shape index (κ2) is 12.0. The van der Waals surface area contributed by atoms with Gasteiger partial charge in [0.15, 0.2) is 11.0 Å². The van der Waals surface area contributed by atoms with Gasteiger partial charge in [0.05, 0.1) is 12.0 Å². The van der Waals surface area contributed by atoms with E-state index >= 15 is 0 Å². The van der Waals surface area contributed by atoms with Gasteiger partial charge in [-0.05, 0) is 58.8 Å². The maximum absolute atomic E-state index is 12.4. The predicted octanol–water partition coefficient (Wildman–Crippen LogP) is 6.53. The summed E-state index contributed by atoms with van der Waals surface area (Å²) in [5.74, 6) is 0.550. The number of carbonyl (C=O) groups is 1.